The van der Waals surface area contributed by atoms with Crippen molar-refractivity contribution in [2.45, 2.75) is 191 Å². The van der Waals surface area contributed by atoms with Gasteiger partial charge in [0.25, 0.3) is 27.8 Å². The highest BCUT2D eigenvalue weighted by Crippen LogP contribution is 2.25. The van der Waals surface area contributed by atoms with Crippen molar-refractivity contribution >= 4 is 95.2 Å². The Bertz CT molecular complexity index is 7230. The Morgan fingerprint density at radius 1 is 0.238 bits per heavy atom. The number of nitrogens with one attached hydrogen (secondary N) is 10. The van der Waals surface area contributed by atoms with Crippen LogP contribution in [0, 0.1) is 0 Å². The van der Waals surface area contributed by atoms with Gasteiger partial charge in [0.15, 0.2) is 56.7 Å². The molecule has 0 aliphatic rings. The van der Waals surface area contributed by atoms with E-state index in [0.29, 0.717) is 154 Å². The Balaban J connectivity index is 0.000000238. The van der Waals surface area contributed by atoms with Gasteiger partial charge in [-0.1, -0.05) is 345 Å². The van der Waals surface area contributed by atoms with Gasteiger partial charge in [-0.05, 0) is 70.3 Å². The Morgan fingerprint density at radius 3 is 0.782 bits per heavy atom. The minimum absolute atomic E-state index is 0.158. The molecule has 0 aliphatic carbocycles. The largest absolute Gasteiger partial charge is 0.363 e. The maximum atomic E-state index is 12.4. The topological polar surface area (TPSA) is 455 Å². The minimum atomic E-state index is -0.227. The smallest absolute Gasteiger partial charge is 0.273 e. The number of para-hydroxylation sites is 3. The molecule has 0 saturated carbocycles. The summed E-state index contributed by atoms with van der Waals surface area (Å²) in [6.45, 7) is 43.8. The summed E-state index contributed by atoms with van der Waals surface area (Å²) in [5, 5.41) is 74.8. The van der Waals surface area contributed by atoms with Crippen LogP contribution < -0.4 is 54.4 Å². The van der Waals surface area contributed by atoms with Gasteiger partial charge in [0, 0.05) is 73.6 Å². The van der Waals surface area contributed by atoms with Crippen LogP contribution in [0.3, 0.4) is 0 Å². The predicted molar refractivity (Wildman–Crippen MR) is 597 cm³/mol. The van der Waals surface area contributed by atoms with Crippen LogP contribution in [-0.2, 0) is 52.4 Å². The lowest BCUT2D eigenvalue weighted by Crippen LogP contribution is -2.22. The van der Waals surface area contributed by atoms with Gasteiger partial charge in [0.1, 0.15) is 18.0 Å². The normalized spacial score (nSPS) is 9.85. The third-order valence-electron chi connectivity index (χ3n) is 19.7. The quantitative estimate of drug-likeness (QED) is 0.0284. The van der Waals surface area contributed by atoms with Crippen molar-refractivity contribution < 1.29 is 0 Å². The summed E-state index contributed by atoms with van der Waals surface area (Å²) in [4.78, 5) is 86.7. The van der Waals surface area contributed by atoms with Crippen LogP contribution in [0.15, 0.2) is 334 Å². The van der Waals surface area contributed by atoms with Crippen molar-refractivity contribution in [1.82, 2.24) is 130 Å². The van der Waals surface area contributed by atoms with E-state index in [1.165, 1.54) is 53.7 Å². The van der Waals surface area contributed by atoms with Gasteiger partial charge in [0.05, 0.1) is 89.4 Å². The molecule has 36 heteroatoms. The molecule has 10 N–H and O–H groups in total. The summed E-state index contributed by atoms with van der Waals surface area (Å²) in [6, 6.07) is 86.9. The van der Waals surface area contributed by atoms with E-state index in [1.807, 2.05) is 375 Å². The summed E-state index contributed by atoms with van der Waals surface area (Å²) >= 11 is 0. The molecule has 0 unspecified atom stereocenters. The number of benzene rings is 8. The second-order valence-electron chi connectivity index (χ2n) is 28.4. The molecule has 0 atom stereocenters. The monoisotopic (exact) mass is 1980 g/mol. The van der Waals surface area contributed by atoms with E-state index < -0.39 is 0 Å². The third kappa shape index (κ3) is 33.9. The van der Waals surface area contributed by atoms with Gasteiger partial charge >= 0.3 is 0 Å². The molecule has 21 rings (SSSR count). The number of rotatable bonds is 23. The molecule has 21 aromatic rings. The zero-order valence-electron chi connectivity index (χ0n) is 87.5. The number of nitrogens with zero attached hydrogens (tertiary/aromatic N) is 21. The SMILES string of the molecule is CC.CC.CC.CC.CC.CC.CC.CC.CC.CC.O=c1cc2[nH]nc(NCc3ccccc3)c2nn1-c1ccccc1.O=c1cc2[nH]nc(NCc3ccccc3)c2nn1Cc1ccccc1.O=c1cc2[nH]nc(NCc3ncccn3)c2nn1-c1ccccc1.O=c1cc2[nH]nc(NCc3ncccn3)c2nn1Cc1ccccc1.O=c1cc2[nH]nc(NCc3ncnc4ccccc34)c2nn1Cc1ccccc1. The molecule has 13 heterocycles. The predicted octanol–water partition coefficient (Wildman–Crippen LogP) is 21.6. The number of aromatic amines is 5. The molecule has 0 bridgehead atoms. The van der Waals surface area contributed by atoms with E-state index >= 15 is 0 Å². The van der Waals surface area contributed by atoms with Crippen molar-refractivity contribution in [2.24, 2.45) is 0 Å². The van der Waals surface area contributed by atoms with Crippen LogP contribution >= 0.6 is 0 Å². The molecular weight excluding hydrogens is 1850 g/mol. The van der Waals surface area contributed by atoms with Gasteiger partial charge in [-0.2, -0.15) is 60.4 Å². The first-order valence-electron chi connectivity index (χ1n) is 50.0. The van der Waals surface area contributed by atoms with Crippen LogP contribution in [0.5, 0.6) is 0 Å². The number of hydrogen-bond acceptors (Lipinski definition) is 26. The van der Waals surface area contributed by atoms with Crippen molar-refractivity contribution in [3.05, 3.63) is 407 Å². The fourth-order valence-corrected chi connectivity index (χ4v) is 13.4. The minimum Gasteiger partial charge on any atom is -0.363 e. The van der Waals surface area contributed by atoms with E-state index in [9.17, 15) is 24.0 Å². The van der Waals surface area contributed by atoms with Gasteiger partial charge in [0.2, 0.25) is 0 Å². The molecule has 0 spiro atoms. The highest BCUT2D eigenvalue weighted by molar-refractivity contribution is 5.89. The summed E-state index contributed by atoms with van der Waals surface area (Å²) in [5.41, 5.74) is 13.6. The molecular formula is C111H137N31O5. The van der Waals surface area contributed by atoms with E-state index in [-0.39, 0.29) is 27.8 Å². The van der Waals surface area contributed by atoms with E-state index in [4.69, 9.17) is 0 Å². The Kier molecular flexibility index (Phi) is 51.4. The second-order valence-corrected chi connectivity index (χ2v) is 28.4. The van der Waals surface area contributed by atoms with E-state index in [1.54, 1.807) is 43.2 Å². The molecule has 13 aromatic heterocycles. The molecule has 147 heavy (non-hydrogen) atoms. The fraction of sp³-hybridized carbons (Fsp3) is 0.252. The average Bonchev–Trinajstić information content (AvgIpc) is 1.69. The lowest BCUT2D eigenvalue weighted by Gasteiger charge is -2.07. The number of H-pyrrole nitrogens is 5. The van der Waals surface area contributed by atoms with Gasteiger partial charge in [-0.15, -0.1) is 0 Å². The first-order valence-corrected chi connectivity index (χ1v) is 50.0. The third-order valence-corrected chi connectivity index (χ3v) is 19.7. The van der Waals surface area contributed by atoms with Gasteiger partial charge in [-0.25, -0.2) is 43.9 Å². The van der Waals surface area contributed by atoms with Gasteiger partial charge < -0.3 is 26.6 Å². The van der Waals surface area contributed by atoms with Crippen LogP contribution in [0.25, 0.3) is 77.4 Å². The van der Waals surface area contributed by atoms with E-state index in [2.05, 4.69) is 133 Å². The second kappa shape index (κ2) is 65.2. The van der Waals surface area contributed by atoms with Gasteiger partial charge in [-0.3, -0.25) is 49.5 Å². The first kappa shape index (κ1) is 116. The summed E-state index contributed by atoms with van der Waals surface area (Å²) < 4.78 is 7.06. The van der Waals surface area contributed by atoms with Crippen LogP contribution in [0.1, 0.15) is 184 Å². The molecule has 8 aromatic carbocycles. The summed E-state index contributed by atoms with van der Waals surface area (Å²) in [5.74, 6) is 4.23. The molecule has 766 valence electrons. The Labute approximate surface area is 856 Å². The molecule has 0 aliphatic heterocycles. The summed E-state index contributed by atoms with van der Waals surface area (Å²) in [6.07, 6.45) is 8.28. The van der Waals surface area contributed by atoms with Crippen molar-refractivity contribution in [2.75, 3.05) is 26.6 Å². The number of aromatic nitrogens is 26. The lowest BCUT2D eigenvalue weighted by molar-refractivity contribution is 0.653. The highest BCUT2D eigenvalue weighted by Gasteiger charge is 2.19. The standard InChI is InChI=1S/C21H17N7O.C19H17N5O.C18H15N5O.C17H15N7O.C16H13N7O.10C2H6/c29-19-10-17-20(27-28(19)12-14-6-2-1-3-7-14)21(26-25-17)22-11-18-15-8-4-5-9-16(15)23-13-24-18;25-17-11-16-18(23-24(17)13-15-9-5-2-6-10-15)19(22-21-16)20-12-14-7-3-1-4-8-14;24-16-11-15-17(22-23(16)14-9-5-2-6-10-14)18(21-20-15)19-12-13-7-3-1-4-8-13;25-15-9-13-16(23-24(15)11-12-5-2-1-3-6-12)17(22-21-13)20-10-14-18-7-4-8-19-14;24-14-9-12-15(22-23(14)11-5-2-1-3-6-11)16(21-20-12)19-10-13-17-7-4-8-18-13;10*1-2/h1-10,13,25H,11-12H2,(H,22,26);1-11,21H,12-13H2,(H,20,22);1-11,20H,12H2,(H,19,21);1-9,21H,10-11H2,(H,20,22);1-9,20H,10H2,(H,19,21);10*1-2H3. The maximum absolute atomic E-state index is 12.4. The maximum Gasteiger partial charge on any atom is 0.273 e. The highest BCUT2D eigenvalue weighted by atomic mass is 16.2. The molecule has 36 nitrogen and oxygen atoms in total. The van der Waals surface area contributed by atoms with Crippen LogP contribution in [0.4, 0.5) is 29.1 Å². The zero-order chi connectivity index (χ0) is 106. The van der Waals surface area contributed by atoms with Crippen molar-refractivity contribution in [1.29, 1.82) is 0 Å². The Morgan fingerprint density at radius 2 is 0.483 bits per heavy atom. The molecule has 0 radical (unpaired) electrons. The molecule has 0 amide bonds. The molecule has 0 fully saturated rings. The van der Waals surface area contributed by atoms with E-state index in [0.717, 1.165) is 50.1 Å². The average molecular weight is 1990 g/mol. The van der Waals surface area contributed by atoms with Crippen molar-refractivity contribution in [3.63, 3.8) is 0 Å². The van der Waals surface area contributed by atoms with Crippen LogP contribution in [-0.4, -0.2) is 130 Å². The lowest BCUT2D eigenvalue weighted by atomic mass is 10.2. The summed E-state index contributed by atoms with van der Waals surface area (Å²) in [7, 11) is 0. The number of fused-ring (bicyclic) bond motifs is 6. The Hall–Kier alpha value is -18.0. The van der Waals surface area contributed by atoms with Crippen molar-refractivity contribution in [3.8, 4) is 11.4 Å². The number of anilines is 5. The first-order chi connectivity index (χ1) is 72.5. The zero-order valence-corrected chi connectivity index (χ0v) is 87.5. The van der Waals surface area contributed by atoms with Crippen LogP contribution in [0.2, 0.25) is 0 Å². The number of hydrogen-bond donors (Lipinski definition) is 10. The molecule has 0 saturated heterocycles. The fourth-order valence-electron chi connectivity index (χ4n) is 13.4.